The number of carbonyl (C=O) groups excluding carboxylic acids is 1. The number of aryl methyl sites for hydroxylation is 1. The predicted octanol–water partition coefficient (Wildman–Crippen LogP) is 3.31. The maximum absolute atomic E-state index is 12.5. The Hall–Kier alpha value is -2.89. The van der Waals surface area contributed by atoms with Gasteiger partial charge in [0.05, 0.1) is 28.4 Å². The molecule has 0 unspecified atom stereocenters. The first-order valence-corrected chi connectivity index (χ1v) is 8.68. The highest BCUT2D eigenvalue weighted by Gasteiger charge is 2.12. The van der Waals surface area contributed by atoms with Crippen molar-refractivity contribution >= 4 is 5.91 Å². The van der Waals surface area contributed by atoms with Crippen LogP contribution >= 0.6 is 0 Å². The molecule has 1 amide bonds. The van der Waals surface area contributed by atoms with E-state index < -0.39 is 0 Å². The van der Waals surface area contributed by atoms with Gasteiger partial charge < -0.3 is 23.8 Å². The largest absolute Gasteiger partial charge is 0.493 e. The Morgan fingerprint density at radius 2 is 1.26 bits per heavy atom. The van der Waals surface area contributed by atoms with Crippen LogP contribution in [0.25, 0.3) is 0 Å². The first-order chi connectivity index (χ1) is 13.0. The van der Waals surface area contributed by atoms with Crippen molar-refractivity contribution in [3.8, 4) is 23.0 Å². The van der Waals surface area contributed by atoms with E-state index in [0.717, 1.165) is 11.1 Å². The van der Waals surface area contributed by atoms with Gasteiger partial charge in [-0.1, -0.05) is 12.1 Å². The van der Waals surface area contributed by atoms with Gasteiger partial charge in [0, 0.05) is 20.0 Å². The summed E-state index contributed by atoms with van der Waals surface area (Å²) in [5.74, 6) is 2.74. The molecule has 0 fully saturated rings. The molecule has 0 aromatic heterocycles. The molecule has 2 rings (SSSR count). The predicted molar refractivity (Wildman–Crippen MR) is 104 cm³/mol. The zero-order chi connectivity index (χ0) is 19.8. The van der Waals surface area contributed by atoms with Crippen molar-refractivity contribution in [2.24, 2.45) is 0 Å². The molecule has 0 aliphatic rings. The van der Waals surface area contributed by atoms with E-state index in [0.29, 0.717) is 42.4 Å². The second-order valence-electron chi connectivity index (χ2n) is 6.13. The molecule has 0 radical (unpaired) electrons. The van der Waals surface area contributed by atoms with Crippen LogP contribution in [0.1, 0.15) is 17.5 Å². The number of hydrogen-bond donors (Lipinski definition) is 0. The van der Waals surface area contributed by atoms with Crippen LogP contribution in [0.15, 0.2) is 36.4 Å². The molecule has 0 saturated carbocycles. The second-order valence-corrected chi connectivity index (χ2v) is 6.13. The summed E-state index contributed by atoms with van der Waals surface area (Å²) in [4.78, 5) is 14.2. The Morgan fingerprint density at radius 1 is 0.778 bits per heavy atom. The lowest BCUT2D eigenvalue weighted by atomic mass is 10.1. The number of ether oxygens (including phenoxy) is 4. The SMILES string of the molecule is COc1ccc(CCC(=O)N(C)Cc2ccc(OC)c(OC)c2)cc1OC. The van der Waals surface area contributed by atoms with E-state index in [4.69, 9.17) is 18.9 Å². The Balaban J connectivity index is 1.96. The first-order valence-electron chi connectivity index (χ1n) is 8.68. The lowest BCUT2D eigenvalue weighted by Gasteiger charge is -2.18. The summed E-state index contributed by atoms with van der Waals surface area (Å²) in [6, 6.07) is 11.4. The lowest BCUT2D eigenvalue weighted by Crippen LogP contribution is -2.26. The average molecular weight is 373 g/mol. The van der Waals surface area contributed by atoms with E-state index in [1.807, 2.05) is 36.4 Å². The second kappa shape index (κ2) is 9.71. The monoisotopic (exact) mass is 373 g/mol. The Bertz CT molecular complexity index is 775. The molecule has 27 heavy (non-hydrogen) atoms. The van der Waals surface area contributed by atoms with Gasteiger partial charge in [-0.2, -0.15) is 0 Å². The molecule has 6 heteroatoms. The van der Waals surface area contributed by atoms with Crippen molar-refractivity contribution in [3.63, 3.8) is 0 Å². The van der Waals surface area contributed by atoms with Gasteiger partial charge in [-0.25, -0.2) is 0 Å². The van der Waals surface area contributed by atoms with Crippen LogP contribution in [0.3, 0.4) is 0 Å². The van der Waals surface area contributed by atoms with Crippen LogP contribution in [0.5, 0.6) is 23.0 Å². The van der Waals surface area contributed by atoms with Gasteiger partial charge in [-0.15, -0.1) is 0 Å². The molecule has 2 aromatic rings. The average Bonchev–Trinajstić information content (AvgIpc) is 2.71. The van der Waals surface area contributed by atoms with Gasteiger partial charge in [-0.3, -0.25) is 4.79 Å². The highest BCUT2D eigenvalue weighted by Crippen LogP contribution is 2.29. The highest BCUT2D eigenvalue weighted by molar-refractivity contribution is 5.76. The summed E-state index contributed by atoms with van der Waals surface area (Å²) >= 11 is 0. The molecule has 0 heterocycles. The van der Waals surface area contributed by atoms with Crippen LogP contribution in [-0.4, -0.2) is 46.3 Å². The van der Waals surface area contributed by atoms with E-state index >= 15 is 0 Å². The van der Waals surface area contributed by atoms with Crippen molar-refractivity contribution in [2.45, 2.75) is 19.4 Å². The van der Waals surface area contributed by atoms with Gasteiger partial charge in [-0.05, 0) is 41.8 Å². The molecule has 0 N–H and O–H groups in total. The summed E-state index contributed by atoms with van der Waals surface area (Å²) < 4.78 is 21.1. The Morgan fingerprint density at radius 3 is 1.78 bits per heavy atom. The van der Waals surface area contributed by atoms with E-state index in [-0.39, 0.29) is 5.91 Å². The zero-order valence-corrected chi connectivity index (χ0v) is 16.6. The summed E-state index contributed by atoms with van der Waals surface area (Å²) in [7, 11) is 8.20. The minimum absolute atomic E-state index is 0.0690. The number of nitrogens with zero attached hydrogens (tertiary/aromatic N) is 1. The van der Waals surface area contributed by atoms with Crippen molar-refractivity contribution in [2.75, 3.05) is 35.5 Å². The van der Waals surface area contributed by atoms with Crippen LogP contribution < -0.4 is 18.9 Å². The van der Waals surface area contributed by atoms with Gasteiger partial charge >= 0.3 is 0 Å². The van der Waals surface area contributed by atoms with Crippen LogP contribution in [-0.2, 0) is 17.8 Å². The van der Waals surface area contributed by atoms with E-state index in [9.17, 15) is 4.79 Å². The maximum atomic E-state index is 12.5. The summed E-state index contributed by atoms with van der Waals surface area (Å²) in [5.41, 5.74) is 2.01. The molecule has 6 nitrogen and oxygen atoms in total. The molecule has 146 valence electrons. The number of rotatable bonds is 9. The van der Waals surface area contributed by atoms with E-state index in [1.54, 1.807) is 40.4 Å². The lowest BCUT2D eigenvalue weighted by molar-refractivity contribution is -0.130. The van der Waals surface area contributed by atoms with E-state index in [2.05, 4.69) is 0 Å². The van der Waals surface area contributed by atoms with Crippen molar-refractivity contribution in [1.82, 2.24) is 4.90 Å². The molecular formula is C21H27NO5. The third-order valence-electron chi connectivity index (χ3n) is 4.37. The number of benzene rings is 2. The van der Waals surface area contributed by atoms with Gasteiger partial charge in [0.15, 0.2) is 23.0 Å². The molecule has 0 saturated heterocycles. The standard InChI is InChI=1S/C21H27NO5/c1-22(14-16-7-10-18(25-3)20(13-16)27-5)21(23)11-8-15-6-9-17(24-2)19(12-15)26-4/h6-7,9-10,12-13H,8,11,14H2,1-5H3. The van der Waals surface area contributed by atoms with Crippen LogP contribution in [0.2, 0.25) is 0 Å². The molecule has 0 atom stereocenters. The fourth-order valence-electron chi connectivity index (χ4n) is 2.82. The van der Waals surface area contributed by atoms with Crippen molar-refractivity contribution in [1.29, 1.82) is 0 Å². The fourth-order valence-corrected chi connectivity index (χ4v) is 2.82. The van der Waals surface area contributed by atoms with Crippen LogP contribution in [0.4, 0.5) is 0 Å². The fraction of sp³-hybridized carbons (Fsp3) is 0.381. The highest BCUT2D eigenvalue weighted by atomic mass is 16.5. The molecular weight excluding hydrogens is 346 g/mol. The summed E-state index contributed by atoms with van der Waals surface area (Å²) in [6.45, 7) is 0.505. The maximum Gasteiger partial charge on any atom is 0.222 e. The Labute approximate surface area is 160 Å². The number of hydrogen-bond acceptors (Lipinski definition) is 5. The quantitative estimate of drug-likeness (QED) is 0.675. The van der Waals surface area contributed by atoms with Crippen LogP contribution in [0, 0.1) is 0 Å². The minimum Gasteiger partial charge on any atom is -0.493 e. The topological polar surface area (TPSA) is 57.2 Å². The van der Waals surface area contributed by atoms with Gasteiger partial charge in [0.25, 0.3) is 0 Å². The van der Waals surface area contributed by atoms with Crippen molar-refractivity contribution < 1.29 is 23.7 Å². The number of carbonyl (C=O) groups is 1. The normalized spacial score (nSPS) is 10.3. The smallest absolute Gasteiger partial charge is 0.222 e. The number of methoxy groups -OCH3 is 4. The van der Waals surface area contributed by atoms with Gasteiger partial charge in [0.2, 0.25) is 5.91 Å². The molecule has 0 spiro atoms. The van der Waals surface area contributed by atoms with Crippen molar-refractivity contribution in [3.05, 3.63) is 47.5 Å². The van der Waals surface area contributed by atoms with E-state index in [1.165, 1.54) is 0 Å². The zero-order valence-electron chi connectivity index (χ0n) is 16.6. The molecule has 0 aliphatic carbocycles. The van der Waals surface area contributed by atoms with Gasteiger partial charge in [0.1, 0.15) is 0 Å². The number of amides is 1. The summed E-state index contributed by atoms with van der Waals surface area (Å²) in [5, 5.41) is 0. The molecule has 0 bridgehead atoms. The third-order valence-corrected chi connectivity index (χ3v) is 4.37. The molecule has 2 aromatic carbocycles. The first kappa shape index (κ1) is 20.4. The minimum atomic E-state index is 0.0690. The molecule has 0 aliphatic heterocycles. The Kier molecular flexibility index (Phi) is 7.34. The summed E-state index contributed by atoms with van der Waals surface area (Å²) in [6.07, 6.45) is 1.05. The third kappa shape index (κ3) is 5.29.